The lowest BCUT2D eigenvalue weighted by Crippen LogP contribution is -2.17. The van der Waals surface area contributed by atoms with Crippen LogP contribution in [0.1, 0.15) is 25.7 Å². The van der Waals surface area contributed by atoms with Crippen molar-refractivity contribution in [1.82, 2.24) is 10.1 Å². The van der Waals surface area contributed by atoms with E-state index >= 15 is 0 Å². The molecule has 0 aromatic carbocycles. The Bertz CT molecular complexity index is 183. The Labute approximate surface area is 59.4 Å². The van der Waals surface area contributed by atoms with Gasteiger partial charge in [0.2, 0.25) is 6.39 Å². The van der Waals surface area contributed by atoms with E-state index in [0.29, 0.717) is 11.7 Å². The fourth-order valence-corrected chi connectivity index (χ4v) is 0.624. The first-order valence-electron chi connectivity index (χ1n) is 3.23. The van der Waals surface area contributed by atoms with Crippen LogP contribution in [0, 0.1) is 5.92 Å². The lowest BCUT2D eigenvalue weighted by Gasteiger charge is -2.09. The van der Waals surface area contributed by atoms with Gasteiger partial charge in [0.15, 0.2) is 5.82 Å². The molecule has 0 aliphatic carbocycles. The van der Waals surface area contributed by atoms with E-state index in [1.165, 1.54) is 6.39 Å². The van der Waals surface area contributed by atoms with Crippen LogP contribution in [0.3, 0.4) is 0 Å². The number of nitrogens with zero attached hydrogens (tertiary/aromatic N) is 2. The Morgan fingerprint density at radius 1 is 1.60 bits per heavy atom. The molecule has 2 N–H and O–H groups in total. The van der Waals surface area contributed by atoms with E-state index in [9.17, 15) is 0 Å². The maximum atomic E-state index is 5.70. The molecule has 1 heterocycles. The van der Waals surface area contributed by atoms with Gasteiger partial charge in [0.05, 0.1) is 6.04 Å². The van der Waals surface area contributed by atoms with E-state index in [0.717, 1.165) is 0 Å². The maximum absolute atomic E-state index is 5.70. The van der Waals surface area contributed by atoms with Gasteiger partial charge in [0.1, 0.15) is 0 Å². The zero-order valence-corrected chi connectivity index (χ0v) is 6.11. The molecule has 0 radical (unpaired) electrons. The summed E-state index contributed by atoms with van der Waals surface area (Å²) in [5.74, 6) is 0.924. The van der Waals surface area contributed by atoms with E-state index in [1.807, 2.05) is 13.8 Å². The Hall–Kier alpha value is -0.900. The standard InChI is InChI=1S/C6H11N3O/c1-4(2)5(7)6-8-3-10-9-6/h3-5H,7H2,1-2H3/t5-/m0/s1. The van der Waals surface area contributed by atoms with Crippen molar-refractivity contribution in [3.8, 4) is 0 Å². The molecule has 0 saturated heterocycles. The predicted octanol–water partition coefficient (Wildman–Crippen LogP) is 0.725. The summed E-state index contributed by atoms with van der Waals surface area (Å²) in [7, 11) is 0. The highest BCUT2D eigenvalue weighted by atomic mass is 16.5. The second-order valence-electron chi connectivity index (χ2n) is 2.56. The van der Waals surface area contributed by atoms with E-state index in [1.54, 1.807) is 0 Å². The van der Waals surface area contributed by atoms with Crippen molar-refractivity contribution < 1.29 is 4.52 Å². The van der Waals surface area contributed by atoms with Crippen LogP contribution in [-0.2, 0) is 0 Å². The van der Waals surface area contributed by atoms with Crippen molar-refractivity contribution in [3.63, 3.8) is 0 Å². The summed E-state index contributed by atoms with van der Waals surface area (Å²) in [5.41, 5.74) is 5.70. The van der Waals surface area contributed by atoms with E-state index in [4.69, 9.17) is 5.73 Å². The number of hydrogen-bond donors (Lipinski definition) is 1. The van der Waals surface area contributed by atoms with Crippen LogP contribution in [0.5, 0.6) is 0 Å². The summed E-state index contributed by atoms with van der Waals surface area (Å²) in [6, 6.07) is -0.112. The summed E-state index contributed by atoms with van der Waals surface area (Å²) in [6.07, 6.45) is 1.29. The van der Waals surface area contributed by atoms with Crippen molar-refractivity contribution in [2.75, 3.05) is 0 Å². The number of nitrogens with two attached hydrogens (primary N) is 1. The zero-order chi connectivity index (χ0) is 7.56. The van der Waals surface area contributed by atoms with Gasteiger partial charge in [-0.05, 0) is 5.92 Å². The molecular formula is C6H11N3O. The highest BCUT2D eigenvalue weighted by molar-refractivity contribution is 4.89. The summed E-state index contributed by atoms with van der Waals surface area (Å²) in [5, 5.41) is 3.63. The van der Waals surface area contributed by atoms with Gasteiger partial charge in [-0.25, -0.2) is 0 Å². The molecule has 0 spiro atoms. The fourth-order valence-electron chi connectivity index (χ4n) is 0.624. The molecule has 1 aromatic rings. The number of hydrogen-bond acceptors (Lipinski definition) is 4. The minimum absolute atomic E-state index is 0.112. The molecule has 1 atom stereocenters. The van der Waals surface area contributed by atoms with Gasteiger partial charge in [-0.15, -0.1) is 0 Å². The third kappa shape index (κ3) is 1.33. The van der Waals surface area contributed by atoms with Gasteiger partial charge < -0.3 is 10.3 Å². The highest BCUT2D eigenvalue weighted by Gasteiger charge is 2.13. The Kier molecular flexibility index (Phi) is 2.01. The minimum atomic E-state index is -0.112. The smallest absolute Gasteiger partial charge is 0.213 e. The third-order valence-corrected chi connectivity index (χ3v) is 1.39. The molecule has 0 aliphatic rings. The van der Waals surface area contributed by atoms with Crippen LogP contribution in [0.25, 0.3) is 0 Å². The molecule has 0 amide bonds. The second kappa shape index (κ2) is 2.79. The summed E-state index contributed by atoms with van der Waals surface area (Å²) < 4.78 is 4.54. The summed E-state index contributed by atoms with van der Waals surface area (Å²) in [6.45, 7) is 4.03. The van der Waals surface area contributed by atoms with Crippen molar-refractivity contribution in [1.29, 1.82) is 0 Å². The highest BCUT2D eigenvalue weighted by Crippen LogP contribution is 2.13. The van der Waals surface area contributed by atoms with Crippen LogP contribution >= 0.6 is 0 Å². The van der Waals surface area contributed by atoms with Crippen LogP contribution in [0.4, 0.5) is 0 Å². The van der Waals surface area contributed by atoms with Crippen molar-refractivity contribution >= 4 is 0 Å². The molecule has 1 rings (SSSR count). The van der Waals surface area contributed by atoms with Crippen molar-refractivity contribution in [2.24, 2.45) is 11.7 Å². The zero-order valence-electron chi connectivity index (χ0n) is 6.11. The van der Waals surface area contributed by atoms with Crippen LogP contribution in [0.2, 0.25) is 0 Å². The molecule has 56 valence electrons. The van der Waals surface area contributed by atoms with Gasteiger partial charge >= 0.3 is 0 Å². The minimum Gasteiger partial charge on any atom is -0.343 e. The molecule has 0 bridgehead atoms. The van der Waals surface area contributed by atoms with Gasteiger partial charge in [0.25, 0.3) is 0 Å². The van der Waals surface area contributed by atoms with Crippen LogP contribution in [0.15, 0.2) is 10.9 Å². The average molecular weight is 141 g/mol. The first kappa shape index (κ1) is 7.21. The molecule has 10 heavy (non-hydrogen) atoms. The lowest BCUT2D eigenvalue weighted by atomic mass is 10.1. The number of rotatable bonds is 2. The van der Waals surface area contributed by atoms with Gasteiger partial charge in [-0.2, -0.15) is 4.98 Å². The molecule has 4 heteroatoms. The first-order valence-corrected chi connectivity index (χ1v) is 3.23. The van der Waals surface area contributed by atoms with Crippen molar-refractivity contribution in [3.05, 3.63) is 12.2 Å². The average Bonchev–Trinajstić information content (AvgIpc) is 2.36. The third-order valence-electron chi connectivity index (χ3n) is 1.39. The molecule has 0 saturated carbocycles. The largest absolute Gasteiger partial charge is 0.343 e. The molecule has 4 nitrogen and oxygen atoms in total. The van der Waals surface area contributed by atoms with Crippen LogP contribution in [-0.4, -0.2) is 10.1 Å². The van der Waals surface area contributed by atoms with E-state index in [-0.39, 0.29) is 6.04 Å². The summed E-state index contributed by atoms with van der Waals surface area (Å²) in [4.78, 5) is 3.83. The van der Waals surface area contributed by atoms with Crippen molar-refractivity contribution in [2.45, 2.75) is 19.9 Å². The van der Waals surface area contributed by atoms with Gasteiger partial charge in [-0.3, -0.25) is 0 Å². The second-order valence-corrected chi connectivity index (χ2v) is 2.56. The van der Waals surface area contributed by atoms with E-state index in [2.05, 4.69) is 14.7 Å². The normalized spacial score (nSPS) is 14.0. The topological polar surface area (TPSA) is 64.9 Å². The summed E-state index contributed by atoms with van der Waals surface area (Å²) >= 11 is 0. The molecule has 0 unspecified atom stereocenters. The monoisotopic (exact) mass is 141 g/mol. The maximum Gasteiger partial charge on any atom is 0.213 e. The van der Waals surface area contributed by atoms with Crippen LogP contribution < -0.4 is 5.73 Å². The Morgan fingerprint density at radius 2 is 2.30 bits per heavy atom. The quantitative estimate of drug-likeness (QED) is 0.659. The SMILES string of the molecule is CC(C)[C@H](N)c1ncon1. The van der Waals surface area contributed by atoms with Gasteiger partial charge in [-0.1, -0.05) is 19.0 Å². The molecule has 0 aliphatic heterocycles. The molecule has 0 fully saturated rings. The van der Waals surface area contributed by atoms with Gasteiger partial charge in [0, 0.05) is 0 Å². The Morgan fingerprint density at radius 3 is 2.70 bits per heavy atom. The predicted molar refractivity (Wildman–Crippen MR) is 36.1 cm³/mol. The molecule has 1 aromatic heterocycles. The first-order chi connectivity index (χ1) is 4.72. The number of aromatic nitrogens is 2. The van der Waals surface area contributed by atoms with E-state index < -0.39 is 0 Å². The Balaban J connectivity index is 2.68. The fraction of sp³-hybridized carbons (Fsp3) is 0.667. The lowest BCUT2D eigenvalue weighted by molar-refractivity contribution is 0.391. The molecular weight excluding hydrogens is 130 g/mol.